The lowest BCUT2D eigenvalue weighted by molar-refractivity contribution is 0.581. The van der Waals surface area contributed by atoms with E-state index in [-0.39, 0.29) is 5.82 Å². The number of rotatable bonds is 3. The van der Waals surface area contributed by atoms with Crippen LogP contribution in [0.5, 0.6) is 0 Å². The van der Waals surface area contributed by atoms with E-state index in [1.165, 1.54) is 6.07 Å². The van der Waals surface area contributed by atoms with Crippen molar-refractivity contribution >= 4 is 38.9 Å². The van der Waals surface area contributed by atoms with Crippen molar-refractivity contribution in [1.82, 2.24) is 0 Å². The Kier molecular flexibility index (Phi) is 4.20. The zero-order chi connectivity index (χ0) is 12.4. The van der Waals surface area contributed by atoms with E-state index in [4.69, 9.17) is 17.3 Å². The van der Waals surface area contributed by atoms with Crippen molar-refractivity contribution in [3.8, 4) is 0 Å². The van der Waals surface area contributed by atoms with Crippen LogP contribution < -0.4 is 5.73 Å². The molecular weight excluding hydrogens is 325 g/mol. The Labute approximate surface area is 117 Å². The highest BCUT2D eigenvalue weighted by Crippen LogP contribution is 2.31. The van der Waals surface area contributed by atoms with Gasteiger partial charge >= 0.3 is 0 Å². The van der Waals surface area contributed by atoms with Gasteiger partial charge in [0.2, 0.25) is 0 Å². The van der Waals surface area contributed by atoms with Crippen LogP contribution >= 0.6 is 38.9 Å². The molecule has 0 saturated heterocycles. The predicted molar refractivity (Wildman–Crippen MR) is 74.1 cm³/mol. The van der Waals surface area contributed by atoms with Crippen molar-refractivity contribution in [2.45, 2.75) is 12.5 Å². The fraction of sp³-hybridized carbons (Fsp3) is 0.167. The molecule has 0 aliphatic rings. The first kappa shape index (κ1) is 13.0. The van der Waals surface area contributed by atoms with Gasteiger partial charge in [0.1, 0.15) is 5.82 Å². The average Bonchev–Trinajstić information content (AvgIpc) is 2.64. The monoisotopic (exact) mass is 333 g/mol. The topological polar surface area (TPSA) is 26.0 Å². The summed E-state index contributed by atoms with van der Waals surface area (Å²) in [6.07, 6.45) is 0.568. The summed E-state index contributed by atoms with van der Waals surface area (Å²) >= 11 is 11.0. The molecule has 2 aromatic rings. The molecule has 1 atom stereocenters. The van der Waals surface area contributed by atoms with Crippen LogP contribution in [0.1, 0.15) is 16.5 Å². The van der Waals surface area contributed by atoms with Gasteiger partial charge in [0, 0.05) is 32.4 Å². The van der Waals surface area contributed by atoms with Crippen molar-refractivity contribution in [2.24, 2.45) is 5.73 Å². The van der Waals surface area contributed by atoms with Crippen LogP contribution in [0.4, 0.5) is 4.39 Å². The van der Waals surface area contributed by atoms with Gasteiger partial charge in [-0.2, -0.15) is 0 Å². The van der Waals surface area contributed by atoms with Crippen molar-refractivity contribution < 1.29 is 4.39 Å². The molecule has 0 spiro atoms. The Morgan fingerprint density at radius 1 is 1.41 bits per heavy atom. The van der Waals surface area contributed by atoms with E-state index in [0.717, 1.165) is 9.35 Å². The van der Waals surface area contributed by atoms with Crippen LogP contribution in [0.25, 0.3) is 0 Å². The van der Waals surface area contributed by atoms with Crippen molar-refractivity contribution in [3.05, 3.63) is 55.4 Å². The molecule has 1 heterocycles. The lowest BCUT2D eigenvalue weighted by Crippen LogP contribution is -2.15. The van der Waals surface area contributed by atoms with Crippen LogP contribution in [0.2, 0.25) is 5.02 Å². The average molecular weight is 335 g/mol. The van der Waals surface area contributed by atoms with E-state index in [1.54, 1.807) is 23.5 Å². The van der Waals surface area contributed by atoms with Gasteiger partial charge in [-0.25, -0.2) is 4.39 Å². The van der Waals surface area contributed by atoms with Gasteiger partial charge in [0.15, 0.2) is 0 Å². The first-order valence-corrected chi connectivity index (χ1v) is 7.06. The Bertz CT molecular complexity index is 509. The number of halogens is 3. The van der Waals surface area contributed by atoms with Crippen LogP contribution in [-0.4, -0.2) is 0 Å². The third-order valence-corrected chi connectivity index (χ3v) is 4.75. The molecule has 90 valence electrons. The summed E-state index contributed by atoms with van der Waals surface area (Å²) in [5.41, 5.74) is 6.40. The van der Waals surface area contributed by atoms with E-state index in [9.17, 15) is 4.39 Å². The van der Waals surface area contributed by atoms with E-state index in [0.29, 0.717) is 17.0 Å². The molecule has 0 saturated carbocycles. The fourth-order valence-electron chi connectivity index (χ4n) is 1.64. The summed E-state index contributed by atoms with van der Waals surface area (Å²) in [5.74, 6) is -0.349. The van der Waals surface area contributed by atoms with E-state index in [1.807, 2.05) is 11.4 Å². The summed E-state index contributed by atoms with van der Waals surface area (Å²) < 4.78 is 14.7. The third kappa shape index (κ3) is 2.88. The highest BCUT2D eigenvalue weighted by atomic mass is 79.9. The summed E-state index contributed by atoms with van der Waals surface area (Å²) in [6.45, 7) is 0. The SMILES string of the molecule is NC(Cc1sccc1Br)c1c(F)cccc1Cl. The number of thiophene rings is 1. The van der Waals surface area contributed by atoms with Gasteiger partial charge in [-0.3, -0.25) is 0 Å². The molecular formula is C12H10BrClFNS. The second-order valence-electron chi connectivity index (χ2n) is 3.64. The summed E-state index contributed by atoms with van der Waals surface area (Å²) in [6, 6.07) is 6.14. The lowest BCUT2D eigenvalue weighted by atomic mass is 10.0. The van der Waals surface area contributed by atoms with E-state index >= 15 is 0 Å². The standard InChI is InChI=1S/C12H10BrClFNS/c13-7-4-5-17-11(7)6-10(16)12-8(14)2-1-3-9(12)15/h1-5,10H,6,16H2. The van der Waals surface area contributed by atoms with Gasteiger partial charge in [0.05, 0.1) is 0 Å². The molecule has 5 heteroatoms. The normalized spacial score (nSPS) is 12.7. The second-order valence-corrected chi connectivity index (χ2v) is 5.90. The molecule has 0 fully saturated rings. The fourth-order valence-corrected chi connectivity index (χ4v) is 3.51. The van der Waals surface area contributed by atoms with Crippen LogP contribution in [0, 0.1) is 5.82 Å². The Balaban J connectivity index is 2.26. The van der Waals surface area contributed by atoms with Gasteiger partial charge in [-0.1, -0.05) is 17.7 Å². The molecule has 1 aromatic heterocycles. The highest BCUT2D eigenvalue weighted by Gasteiger charge is 2.17. The van der Waals surface area contributed by atoms with Crippen molar-refractivity contribution in [2.75, 3.05) is 0 Å². The van der Waals surface area contributed by atoms with Gasteiger partial charge in [0.25, 0.3) is 0 Å². The zero-order valence-corrected chi connectivity index (χ0v) is 11.9. The number of benzene rings is 1. The molecule has 1 unspecified atom stereocenters. The zero-order valence-electron chi connectivity index (χ0n) is 8.79. The van der Waals surface area contributed by atoms with Gasteiger partial charge in [-0.05, 0) is 39.5 Å². The third-order valence-electron chi connectivity index (χ3n) is 2.47. The maximum atomic E-state index is 13.7. The largest absolute Gasteiger partial charge is 0.324 e. The first-order chi connectivity index (χ1) is 8.09. The number of nitrogens with two attached hydrogens (primary N) is 1. The Morgan fingerprint density at radius 3 is 2.76 bits per heavy atom. The lowest BCUT2D eigenvalue weighted by Gasteiger charge is -2.14. The van der Waals surface area contributed by atoms with Crippen LogP contribution in [0.15, 0.2) is 34.1 Å². The maximum absolute atomic E-state index is 13.7. The number of hydrogen-bond acceptors (Lipinski definition) is 2. The van der Waals surface area contributed by atoms with Gasteiger partial charge in [-0.15, -0.1) is 11.3 Å². The van der Waals surface area contributed by atoms with E-state index in [2.05, 4.69) is 15.9 Å². The highest BCUT2D eigenvalue weighted by molar-refractivity contribution is 9.10. The summed E-state index contributed by atoms with van der Waals surface area (Å²) in [4.78, 5) is 1.09. The minimum Gasteiger partial charge on any atom is -0.324 e. The molecule has 1 aromatic carbocycles. The molecule has 2 N–H and O–H groups in total. The molecule has 0 bridgehead atoms. The molecule has 0 amide bonds. The summed E-state index contributed by atoms with van der Waals surface area (Å²) in [7, 11) is 0. The van der Waals surface area contributed by atoms with Crippen LogP contribution in [-0.2, 0) is 6.42 Å². The molecule has 0 radical (unpaired) electrons. The maximum Gasteiger partial charge on any atom is 0.129 e. The van der Waals surface area contributed by atoms with E-state index < -0.39 is 6.04 Å². The quantitative estimate of drug-likeness (QED) is 0.876. The molecule has 0 aliphatic carbocycles. The molecule has 17 heavy (non-hydrogen) atoms. The second kappa shape index (κ2) is 5.48. The van der Waals surface area contributed by atoms with Gasteiger partial charge < -0.3 is 5.73 Å². The smallest absolute Gasteiger partial charge is 0.129 e. The number of hydrogen-bond donors (Lipinski definition) is 1. The Hall–Kier alpha value is -0.420. The minimum absolute atomic E-state index is 0.349. The summed E-state index contributed by atoms with van der Waals surface area (Å²) in [5, 5.41) is 2.35. The first-order valence-electron chi connectivity index (χ1n) is 5.01. The molecule has 1 nitrogen and oxygen atoms in total. The molecule has 0 aliphatic heterocycles. The van der Waals surface area contributed by atoms with Crippen molar-refractivity contribution in [3.63, 3.8) is 0 Å². The van der Waals surface area contributed by atoms with Crippen LogP contribution in [0.3, 0.4) is 0 Å². The Morgan fingerprint density at radius 2 is 2.18 bits per heavy atom. The van der Waals surface area contributed by atoms with Crippen molar-refractivity contribution in [1.29, 1.82) is 0 Å². The predicted octanol–water partition coefficient (Wildman–Crippen LogP) is 4.55. The minimum atomic E-state index is -0.432. The molecule has 2 rings (SSSR count).